The van der Waals surface area contributed by atoms with Crippen LogP contribution >= 0.6 is 0 Å². The molecule has 0 unspecified atom stereocenters. The first kappa shape index (κ1) is 44.4. The first-order chi connectivity index (χ1) is 31.9. The molecule has 2 aromatic heterocycles. The van der Waals surface area contributed by atoms with Crippen molar-refractivity contribution in [2.45, 2.75) is 110 Å². The zero-order chi connectivity index (χ0) is 44.9. The largest absolute Gasteiger partial charge is 0.344 e. The first-order valence-electron chi connectivity index (χ1n) is 24.4. The lowest BCUT2D eigenvalue weighted by Gasteiger charge is -2.34. The molecule has 2 N–H and O–H groups in total. The molecule has 2 saturated heterocycles. The number of rotatable bonds is 14. The van der Waals surface area contributed by atoms with E-state index in [-0.39, 0.29) is 36.0 Å². The summed E-state index contributed by atoms with van der Waals surface area (Å²) in [4.78, 5) is 55.3. The predicted octanol–water partition coefficient (Wildman–Crippen LogP) is 10.8. The van der Waals surface area contributed by atoms with Gasteiger partial charge in [-0.2, -0.15) is 0 Å². The zero-order valence-electron chi connectivity index (χ0n) is 38.8. The molecule has 2 fully saturated rings. The highest BCUT2D eigenvalue weighted by molar-refractivity contribution is 5.86. The smallest absolute Gasteiger partial charge is 0.245 e. The minimum absolute atomic E-state index is 0.0731. The van der Waals surface area contributed by atoms with Crippen LogP contribution in [0.3, 0.4) is 0 Å². The Bertz CT molecular complexity index is 2510. The fourth-order valence-electron chi connectivity index (χ4n) is 10.9. The number of nitrogens with zero attached hydrogens (tertiary/aromatic N) is 6. The molecule has 0 spiro atoms. The van der Waals surface area contributed by atoms with E-state index in [2.05, 4.69) is 124 Å². The van der Waals surface area contributed by atoms with Crippen LogP contribution in [0.4, 0.5) is 0 Å². The normalized spacial score (nSPS) is 19.8. The molecule has 3 aromatic carbocycles. The lowest BCUT2D eigenvalue weighted by molar-refractivity contribution is -0.139. The number of carbonyl (C=O) groups excluding carboxylic acids is 2. The molecule has 0 bridgehead atoms. The number of carbonyl (C=O) groups is 2. The number of aryl methyl sites for hydroxylation is 1. The van der Waals surface area contributed by atoms with Gasteiger partial charge in [0.2, 0.25) is 11.8 Å². The molecule has 4 atom stereocenters. The Balaban J connectivity index is 0.932. The van der Waals surface area contributed by atoms with E-state index in [0.29, 0.717) is 0 Å². The maximum Gasteiger partial charge on any atom is 0.245 e. The van der Waals surface area contributed by atoms with Gasteiger partial charge in [0.05, 0.1) is 29.7 Å². The highest BCUT2D eigenvalue weighted by Gasteiger charge is 2.40. The van der Waals surface area contributed by atoms with E-state index >= 15 is 0 Å². The van der Waals surface area contributed by atoms with Gasteiger partial charge in [-0.25, -0.2) is 9.97 Å². The number of hydrogen-bond acceptors (Lipinski definition) is 6. The maximum absolute atomic E-state index is 14.6. The fourth-order valence-corrected chi connectivity index (χ4v) is 10.9. The van der Waals surface area contributed by atoms with Crippen LogP contribution in [0.5, 0.6) is 0 Å². The van der Waals surface area contributed by atoms with Gasteiger partial charge in [0.25, 0.3) is 0 Å². The Morgan fingerprint density at radius 3 is 1.78 bits per heavy atom. The first-order valence-corrected chi connectivity index (χ1v) is 24.4. The van der Waals surface area contributed by atoms with Crippen LogP contribution in [0.15, 0.2) is 115 Å². The van der Waals surface area contributed by atoms with E-state index in [0.717, 1.165) is 137 Å². The van der Waals surface area contributed by atoms with Crippen LogP contribution in [-0.4, -0.2) is 90.6 Å². The van der Waals surface area contributed by atoms with Crippen molar-refractivity contribution >= 4 is 23.0 Å². The SMILES string of the molecule is CCN(CC)[C@@H](C(=O)N1CCC[C@H]1c1ncc(-c2ccc(C3=CC=C4C(=CC3)CCCCc3[nH]c([C@@H]5CCCN5C(=O)[C@@H](c5ccccc5)N(CC)CC)nc34)cc2)[nH]1)c1ccccc1. The second-order valence-corrected chi connectivity index (χ2v) is 18.1. The molecule has 2 amide bonds. The van der Waals surface area contributed by atoms with E-state index in [1.807, 2.05) is 42.6 Å². The molecular formula is C55H66N8O2. The van der Waals surface area contributed by atoms with Gasteiger partial charge in [-0.15, -0.1) is 0 Å². The minimum Gasteiger partial charge on any atom is -0.344 e. The molecule has 65 heavy (non-hydrogen) atoms. The standard InChI is InChI=1S/C55H66N8O2/c1-5-60(6-2)50(42-20-11-9-12-21-42)54(64)62-35-17-25-47(62)52-56-37-46(58-52)41-31-28-38(29-32-41)39-27-30-40-19-15-16-24-45-49(44(40)34-33-39)59-53(57-45)48-26-18-36-63(48)55(65)51(61(7-3)8-4)43-22-13-10-14-23-43/h9-14,20-23,28-34,37,47-48,50-51H,5-8,15-19,24-27,35-36H2,1-4H3,(H,56,58)(H,57,59)/t47-,48-,50+,51+/m0/s1. The second kappa shape index (κ2) is 20.1. The van der Waals surface area contributed by atoms with Gasteiger partial charge in [0, 0.05) is 24.4 Å². The van der Waals surface area contributed by atoms with Crippen LogP contribution in [0, 0.1) is 0 Å². The molecule has 9 rings (SSSR count). The summed E-state index contributed by atoms with van der Waals surface area (Å²) in [6.07, 6.45) is 17.7. The second-order valence-electron chi connectivity index (χ2n) is 18.1. The van der Waals surface area contributed by atoms with Crippen molar-refractivity contribution in [1.82, 2.24) is 39.5 Å². The summed E-state index contributed by atoms with van der Waals surface area (Å²) in [5.41, 5.74) is 11.4. The summed E-state index contributed by atoms with van der Waals surface area (Å²) in [6.45, 7) is 13.2. The fraction of sp³-hybridized carbons (Fsp3) is 0.418. The monoisotopic (exact) mass is 871 g/mol. The van der Waals surface area contributed by atoms with Gasteiger partial charge >= 0.3 is 0 Å². The highest BCUT2D eigenvalue weighted by Crippen LogP contribution is 2.41. The number of H-pyrrole nitrogens is 2. The van der Waals surface area contributed by atoms with Crippen LogP contribution in [0.25, 0.3) is 22.4 Å². The summed E-state index contributed by atoms with van der Waals surface area (Å²) >= 11 is 0. The van der Waals surface area contributed by atoms with Crippen LogP contribution in [0.1, 0.15) is 143 Å². The molecule has 4 aliphatic rings. The molecule has 4 heterocycles. The van der Waals surface area contributed by atoms with E-state index in [1.165, 1.54) is 28.0 Å². The summed E-state index contributed by atoms with van der Waals surface area (Å²) in [5, 5.41) is 0. The highest BCUT2D eigenvalue weighted by atomic mass is 16.2. The number of allylic oxidation sites excluding steroid dienone is 6. The molecule has 0 saturated carbocycles. The Morgan fingerprint density at radius 2 is 1.20 bits per heavy atom. The Kier molecular flexibility index (Phi) is 13.7. The van der Waals surface area contributed by atoms with E-state index in [1.54, 1.807) is 0 Å². The quantitative estimate of drug-likeness (QED) is 0.115. The molecule has 10 heteroatoms. The molecule has 338 valence electrons. The molecule has 5 aromatic rings. The minimum atomic E-state index is -0.314. The lowest BCUT2D eigenvalue weighted by atomic mass is 9.91. The number of imidazole rings is 2. The average Bonchev–Trinajstić information content (AvgIpc) is 4.18. The van der Waals surface area contributed by atoms with Gasteiger partial charge < -0.3 is 19.8 Å². The number of amides is 2. The third-order valence-corrected chi connectivity index (χ3v) is 14.5. The number of aromatic nitrogens is 4. The van der Waals surface area contributed by atoms with Gasteiger partial charge in [0.1, 0.15) is 23.7 Å². The number of benzene rings is 3. The Morgan fingerprint density at radius 1 is 0.646 bits per heavy atom. The summed E-state index contributed by atoms with van der Waals surface area (Å²) in [6, 6.07) is 28.5. The molecular weight excluding hydrogens is 805 g/mol. The van der Waals surface area contributed by atoms with Crippen molar-refractivity contribution in [2.75, 3.05) is 39.3 Å². The van der Waals surface area contributed by atoms with E-state index in [9.17, 15) is 9.59 Å². The van der Waals surface area contributed by atoms with Crippen molar-refractivity contribution in [3.05, 3.63) is 155 Å². The number of fused-ring (bicyclic) bond motifs is 3. The van der Waals surface area contributed by atoms with Gasteiger partial charge in [0.15, 0.2) is 0 Å². The lowest BCUT2D eigenvalue weighted by Crippen LogP contribution is -2.43. The van der Waals surface area contributed by atoms with Crippen molar-refractivity contribution in [3.8, 4) is 11.3 Å². The molecule has 2 aliphatic heterocycles. The van der Waals surface area contributed by atoms with Gasteiger partial charge in [-0.05, 0) is 117 Å². The Hall–Kier alpha value is -5.84. The van der Waals surface area contributed by atoms with Crippen molar-refractivity contribution < 1.29 is 9.59 Å². The molecule has 2 aliphatic carbocycles. The third-order valence-electron chi connectivity index (χ3n) is 14.5. The van der Waals surface area contributed by atoms with Crippen LogP contribution in [-0.2, 0) is 16.0 Å². The van der Waals surface area contributed by atoms with Gasteiger partial charge in [-0.1, -0.05) is 131 Å². The summed E-state index contributed by atoms with van der Waals surface area (Å²) in [5.74, 6) is 2.09. The maximum atomic E-state index is 14.6. The zero-order valence-corrected chi connectivity index (χ0v) is 38.8. The average molecular weight is 871 g/mol. The van der Waals surface area contributed by atoms with Gasteiger partial charge in [-0.3, -0.25) is 19.4 Å². The number of aromatic amines is 2. The van der Waals surface area contributed by atoms with Crippen molar-refractivity contribution in [1.29, 1.82) is 0 Å². The number of nitrogens with one attached hydrogen (secondary N) is 2. The Labute approximate surface area is 385 Å². The van der Waals surface area contributed by atoms with E-state index in [4.69, 9.17) is 9.97 Å². The summed E-state index contributed by atoms with van der Waals surface area (Å²) < 4.78 is 0. The predicted molar refractivity (Wildman–Crippen MR) is 260 cm³/mol. The number of likely N-dealkylation sites (tertiary alicyclic amines) is 2. The number of likely N-dealkylation sites (N-methyl/N-ethyl adjacent to an activating group) is 2. The molecule has 10 nitrogen and oxygen atoms in total. The summed E-state index contributed by atoms with van der Waals surface area (Å²) in [7, 11) is 0. The van der Waals surface area contributed by atoms with Crippen molar-refractivity contribution in [2.24, 2.45) is 0 Å². The third kappa shape index (κ3) is 9.08. The topological polar surface area (TPSA) is 104 Å². The number of hydrogen-bond donors (Lipinski definition) is 2. The molecule has 0 radical (unpaired) electrons. The van der Waals surface area contributed by atoms with E-state index < -0.39 is 0 Å². The van der Waals surface area contributed by atoms with Crippen LogP contribution < -0.4 is 0 Å². The van der Waals surface area contributed by atoms with Crippen molar-refractivity contribution in [3.63, 3.8) is 0 Å². The van der Waals surface area contributed by atoms with Crippen LogP contribution in [0.2, 0.25) is 0 Å².